The van der Waals surface area contributed by atoms with Crippen LogP contribution in [0, 0.1) is 0 Å². The van der Waals surface area contributed by atoms with E-state index in [4.69, 9.17) is 0 Å². The number of allylic oxidation sites excluding steroid dienone is 8. The molecule has 56 heavy (non-hydrogen) atoms. The minimum Gasteiger partial charge on any atom is -0.478 e. The molecule has 2 aliphatic heterocycles. The van der Waals surface area contributed by atoms with E-state index in [1.807, 2.05) is 42.5 Å². The van der Waals surface area contributed by atoms with E-state index in [-0.39, 0.29) is 34.3 Å². The predicted octanol–water partition coefficient (Wildman–Crippen LogP) is 8.51. The first kappa shape index (κ1) is 41.0. The van der Waals surface area contributed by atoms with Crippen LogP contribution in [0.2, 0.25) is 0 Å². The van der Waals surface area contributed by atoms with Crippen LogP contribution in [-0.2, 0) is 31.1 Å². The number of carboxylic acid groups (broad SMARTS) is 1. The number of aromatic carboxylic acids is 1. The summed E-state index contributed by atoms with van der Waals surface area (Å²) in [7, 11) is -8.17. The summed E-state index contributed by atoms with van der Waals surface area (Å²) in [6, 6.07) is 23.3. The van der Waals surface area contributed by atoms with E-state index in [0.29, 0.717) is 25.9 Å². The van der Waals surface area contributed by atoms with E-state index in [0.717, 1.165) is 69.9 Å². The van der Waals surface area contributed by atoms with Crippen LogP contribution in [0.4, 0.5) is 11.4 Å². The van der Waals surface area contributed by atoms with Gasteiger partial charge in [0.15, 0.2) is 5.71 Å². The Labute approximate surface area is 330 Å². The van der Waals surface area contributed by atoms with Gasteiger partial charge in [0, 0.05) is 47.5 Å². The van der Waals surface area contributed by atoms with Crippen LogP contribution in [0.1, 0.15) is 93.3 Å². The molecule has 0 bridgehead atoms. The molecule has 0 saturated carbocycles. The number of nitrogens with zero attached hydrogens (tertiary/aromatic N) is 2. The molecule has 0 radical (unpaired) electrons. The summed E-state index contributed by atoms with van der Waals surface area (Å²) in [5, 5.41) is 9.68. The molecule has 6 rings (SSSR count). The lowest BCUT2D eigenvalue weighted by molar-refractivity contribution is -0.437. The van der Waals surface area contributed by atoms with Gasteiger partial charge in [0.1, 0.15) is 6.54 Å². The first-order valence-corrected chi connectivity index (χ1v) is 22.3. The number of benzene rings is 3. The molecule has 0 amide bonds. The van der Waals surface area contributed by atoms with Gasteiger partial charge in [-0.3, -0.25) is 9.11 Å². The van der Waals surface area contributed by atoms with Crippen molar-refractivity contribution in [2.45, 2.75) is 77.0 Å². The van der Waals surface area contributed by atoms with Gasteiger partial charge in [-0.2, -0.15) is 21.4 Å². The fraction of sp³-hybridized carbons (Fsp3) is 0.364. The average Bonchev–Trinajstić information content (AvgIpc) is 3.48. The van der Waals surface area contributed by atoms with Gasteiger partial charge in [0.25, 0.3) is 20.2 Å². The second-order valence-electron chi connectivity index (χ2n) is 15.8. The SMILES string of the molecule is CC1(C)C(/C=C/C2=C(c3ccc(C(=O)O)cc3)C(=C/C=C3/N(CCCCS(=O)(=O)O)c4ccccc4C3(C)C)/CCC2)=[N+](CCCS(=O)(=O)O)c2ccccc21. The molecule has 3 N–H and O–H groups in total. The Bertz CT molecular complexity index is 2400. The molecule has 3 aliphatic rings. The van der Waals surface area contributed by atoms with Crippen molar-refractivity contribution < 1.29 is 40.4 Å². The summed E-state index contributed by atoms with van der Waals surface area (Å²) in [4.78, 5) is 14.1. The Hall–Kier alpha value is -4.62. The molecule has 0 atom stereocenters. The van der Waals surface area contributed by atoms with Gasteiger partial charge < -0.3 is 10.0 Å². The van der Waals surface area contributed by atoms with Gasteiger partial charge in [-0.25, -0.2) is 4.79 Å². The standard InChI is InChI=1S/C44H50N2O8S2/c1-43(2)35-15-5-7-17-37(35)45(27-9-10-29-55(49,50)51)39(43)25-23-31-13-11-14-32(41(31)33-19-21-34(22-20-33)42(47)48)24-26-40-44(3,4)36-16-6-8-18-38(36)46(40)28-12-30-56(52,53)54/h5-8,15-26H,9-14,27-30H2,1-4H3,(H2-,47,48,49,50,51,52,53,54)/p+1. The summed E-state index contributed by atoms with van der Waals surface area (Å²) in [6.45, 7) is 9.67. The molecule has 10 nitrogen and oxygen atoms in total. The maximum atomic E-state index is 11.8. The Morgan fingerprint density at radius 1 is 0.768 bits per heavy atom. The monoisotopic (exact) mass is 799 g/mol. The lowest BCUT2D eigenvalue weighted by atomic mass is 9.79. The number of hydrogen-bond acceptors (Lipinski definition) is 6. The number of anilines is 1. The van der Waals surface area contributed by atoms with Gasteiger partial charge in [-0.05, 0) is 98.1 Å². The normalized spacial score (nSPS) is 19.4. The van der Waals surface area contributed by atoms with Crippen LogP contribution in [0.15, 0.2) is 114 Å². The van der Waals surface area contributed by atoms with E-state index in [9.17, 15) is 35.8 Å². The Kier molecular flexibility index (Phi) is 11.8. The molecule has 12 heteroatoms. The second kappa shape index (κ2) is 16.1. The third-order valence-electron chi connectivity index (χ3n) is 11.3. The average molecular weight is 800 g/mol. The maximum absolute atomic E-state index is 11.8. The lowest BCUT2D eigenvalue weighted by Crippen LogP contribution is -2.28. The van der Waals surface area contributed by atoms with E-state index < -0.39 is 26.2 Å². The van der Waals surface area contributed by atoms with Gasteiger partial charge >= 0.3 is 5.97 Å². The molecule has 2 heterocycles. The highest BCUT2D eigenvalue weighted by Gasteiger charge is 2.44. The topological polar surface area (TPSA) is 152 Å². The molecule has 296 valence electrons. The summed E-state index contributed by atoms with van der Waals surface area (Å²) < 4.78 is 67.1. The van der Waals surface area contributed by atoms with Crippen LogP contribution in [0.3, 0.4) is 0 Å². The van der Waals surface area contributed by atoms with Gasteiger partial charge in [0.05, 0.1) is 22.5 Å². The molecule has 0 unspecified atom stereocenters. The van der Waals surface area contributed by atoms with Crippen LogP contribution >= 0.6 is 0 Å². The number of para-hydroxylation sites is 2. The van der Waals surface area contributed by atoms with Crippen molar-refractivity contribution >= 4 is 48.9 Å². The molecular weight excluding hydrogens is 749 g/mol. The summed E-state index contributed by atoms with van der Waals surface area (Å²) in [5.74, 6) is -1.62. The first-order chi connectivity index (χ1) is 26.4. The third kappa shape index (κ3) is 8.83. The summed E-state index contributed by atoms with van der Waals surface area (Å²) >= 11 is 0. The molecule has 3 aromatic rings. The van der Waals surface area contributed by atoms with Crippen LogP contribution < -0.4 is 4.90 Å². The zero-order chi connectivity index (χ0) is 40.5. The zero-order valence-electron chi connectivity index (χ0n) is 32.4. The molecular formula is C44H51N2O8S2+. The minimum absolute atomic E-state index is 0.201. The molecule has 0 aromatic heterocycles. The van der Waals surface area contributed by atoms with Gasteiger partial charge in [0.2, 0.25) is 5.69 Å². The Morgan fingerprint density at radius 2 is 1.41 bits per heavy atom. The quantitative estimate of drug-likeness (QED) is 0.0828. The van der Waals surface area contributed by atoms with Crippen LogP contribution in [0.5, 0.6) is 0 Å². The minimum atomic E-state index is -4.11. The maximum Gasteiger partial charge on any atom is 0.335 e. The van der Waals surface area contributed by atoms with Crippen molar-refractivity contribution in [3.05, 3.63) is 136 Å². The van der Waals surface area contributed by atoms with E-state index in [2.05, 4.69) is 79.7 Å². The van der Waals surface area contributed by atoms with Crippen molar-refractivity contribution in [2.24, 2.45) is 0 Å². The summed E-state index contributed by atoms with van der Waals surface area (Å²) in [6.07, 6.45) is 12.3. The Morgan fingerprint density at radius 3 is 2.09 bits per heavy atom. The number of rotatable bonds is 14. The number of unbranched alkanes of at least 4 members (excludes halogenated alkanes) is 1. The van der Waals surface area contributed by atoms with Gasteiger partial charge in [-0.1, -0.05) is 74.5 Å². The van der Waals surface area contributed by atoms with Crippen LogP contribution in [-0.4, -0.2) is 71.9 Å². The smallest absolute Gasteiger partial charge is 0.335 e. The number of hydrogen-bond donors (Lipinski definition) is 3. The highest BCUT2D eigenvalue weighted by Crippen LogP contribution is 2.48. The largest absolute Gasteiger partial charge is 0.478 e. The molecule has 1 aliphatic carbocycles. The first-order valence-electron chi connectivity index (χ1n) is 19.1. The van der Waals surface area contributed by atoms with Crippen molar-refractivity contribution in [3.8, 4) is 0 Å². The fourth-order valence-electron chi connectivity index (χ4n) is 8.49. The van der Waals surface area contributed by atoms with Crippen LogP contribution in [0.25, 0.3) is 5.57 Å². The molecule has 0 saturated heterocycles. The van der Waals surface area contributed by atoms with E-state index in [1.54, 1.807) is 12.1 Å². The third-order valence-corrected chi connectivity index (χ3v) is 12.9. The van der Waals surface area contributed by atoms with Crippen molar-refractivity contribution in [3.63, 3.8) is 0 Å². The molecule has 3 aromatic carbocycles. The second-order valence-corrected chi connectivity index (χ2v) is 19.0. The highest BCUT2D eigenvalue weighted by molar-refractivity contribution is 7.86. The predicted molar refractivity (Wildman–Crippen MR) is 222 cm³/mol. The number of fused-ring (bicyclic) bond motifs is 2. The molecule has 0 fully saturated rings. The van der Waals surface area contributed by atoms with E-state index >= 15 is 0 Å². The summed E-state index contributed by atoms with van der Waals surface area (Å²) in [5.41, 5.74) is 10.0. The molecule has 0 spiro atoms. The Balaban J connectivity index is 1.45. The zero-order valence-corrected chi connectivity index (χ0v) is 34.0. The van der Waals surface area contributed by atoms with Crippen molar-refractivity contribution in [2.75, 3.05) is 29.5 Å². The lowest BCUT2D eigenvalue weighted by Gasteiger charge is -2.28. The van der Waals surface area contributed by atoms with E-state index in [1.165, 1.54) is 5.56 Å². The highest BCUT2D eigenvalue weighted by atomic mass is 32.2. The van der Waals surface area contributed by atoms with Crippen molar-refractivity contribution in [1.82, 2.24) is 0 Å². The van der Waals surface area contributed by atoms with Gasteiger partial charge in [-0.15, -0.1) is 0 Å². The number of carboxylic acids is 1. The fourth-order valence-corrected chi connectivity index (χ4v) is 9.55. The number of carbonyl (C=O) groups is 1. The van der Waals surface area contributed by atoms with Crippen molar-refractivity contribution in [1.29, 1.82) is 0 Å².